The van der Waals surface area contributed by atoms with Gasteiger partial charge in [0.25, 0.3) is 5.91 Å². The van der Waals surface area contributed by atoms with Crippen LogP contribution < -0.4 is 10.1 Å². The fourth-order valence-electron chi connectivity index (χ4n) is 2.70. The predicted octanol–water partition coefficient (Wildman–Crippen LogP) is 3.25. The molecule has 0 bridgehead atoms. The number of nitrogens with one attached hydrogen (secondary N) is 1. The molecule has 0 aliphatic carbocycles. The first kappa shape index (κ1) is 19.4. The van der Waals surface area contributed by atoms with Crippen LogP contribution in [0, 0.1) is 0 Å². The van der Waals surface area contributed by atoms with E-state index in [-0.39, 0.29) is 18.4 Å². The number of carbonyl (C=O) groups excluding carboxylic acids is 2. The van der Waals surface area contributed by atoms with E-state index in [1.165, 1.54) is 18.2 Å². The lowest BCUT2D eigenvalue weighted by Gasteiger charge is -2.18. The average molecular weight is 399 g/mol. The summed E-state index contributed by atoms with van der Waals surface area (Å²) in [4.78, 5) is 30.6. The second-order valence-corrected chi connectivity index (χ2v) is 6.47. The van der Waals surface area contributed by atoms with Crippen molar-refractivity contribution in [1.29, 1.82) is 0 Å². The Morgan fingerprint density at radius 1 is 1.21 bits per heavy atom. The van der Waals surface area contributed by atoms with Crippen molar-refractivity contribution in [3.8, 4) is 11.4 Å². The molecule has 0 unspecified atom stereocenters. The van der Waals surface area contributed by atoms with Crippen LogP contribution in [0.1, 0.15) is 10.5 Å². The summed E-state index contributed by atoms with van der Waals surface area (Å²) in [6.07, 6.45) is 3.04. The maximum Gasteiger partial charge on any atom is 0.272 e. The van der Waals surface area contributed by atoms with Crippen molar-refractivity contribution in [2.24, 2.45) is 0 Å². The molecule has 7 nitrogen and oxygen atoms in total. The quantitative estimate of drug-likeness (QED) is 0.691. The molecule has 1 N–H and O–H groups in total. The summed E-state index contributed by atoms with van der Waals surface area (Å²) in [6.45, 7) is -0.144. The molecule has 1 aromatic heterocycles. The molecule has 8 heteroatoms. The zero-order valence-corrected chi connectivity index (χ0v) is 16.2. The minimum Gasteiger partial charge on any atom is -0.495 e. The molecule has 3 rings (SSSR count). The normalized spacial score (nSPS) is 10.4. The summed E-state index contributed by atoms with van der Waals surface area (Å²) < 4.78 is 6.89. The van der Waals surface area contributed by atoms with Gasteiger partial charge >= 0.3 is 0 Å². The van der Waals surface area contributed by atoms with E-state index in [1.54, 1.807) is 36.1 Å². The Morgan fingerprint density at radius 2 is 1.96 bits per heavy atom. The van der Waals surface area contributed by atoms with Gasteiger partial charge in [-0.3, -0.25) is 14.2 Å². The van der Waals surface area contributed by atoms with Crippen LogP contribution in [0.5, 0.6) is 5.75 Å². The molecular formula is C20H19ClN4O3. The van der Waals surface area contributed by atoms with Crippen molar-refractivity contribution in [3.05, 3.63) is 71.8 Å². The number of nitrogens with zero attached hydrogens (tertiary/aromatic N) is 3. The molecule has 0 saturated carbocycles. The zero-order valence-electron chi connectivity index (χ0n) is 15.4. The summed E-state index contributed by atoms with van der Waals surface area (Å²) in [6, 6.07) is 14.3. The molecule has 28 heavy (non-hydrogen) atoms. The van der Waals surface area contributed by atoms with Gasteiger partial charge in [-0.15, -0.1) is 0 Å². The molecule has 0 spiro atoms. The molecular weight excluding hydrogens is 380 g/mol. The molecule has 2 aromatic carbocycles. The third-order valence-corrected chi connectivity index (χ3v) is 4.29. The summed E-state index contributed by atoms with van der Waals surface area (Å²) >= 11 is 5.98. The maximum absolute atomic E-state index is 12.8. The van der Waals surface area contributed by atoms with E-state index in [0.717, 1.165) is 5.69 Å². The van der Waals surface area contributed by atoms with Gasteiger partial charge in [-0.25, -0.2) is 4.98 Å². The van der Waals surface area contributed by atoms with Crippen LogP contribution in [-0.2, 0) is 4.79 Å². The number of rotatable bonds is 6. The minimum absolute atomic E-state index is 0.144. The van der Waals surface area contributed by atoms with Gasteiger partial charge in [-0.05, 0) is 30.3 Å². The fourth-order valence-corrected chi connectivity index (χ4v) is 2.87. The number of aromatic nitrogens is 2. The molecule has 0 saturated heterocycles. The van der Waals surface area contributed by atoms with E-state index in [9.17, 15) is 9.59 Å². The molecule has 2 amide bonds. The molecule has 0 atom stereocenters. The van der Waals surface area contributed by atoms with Gasteiger partial charge in [-0.2, -0.15) is 0 Å². The Morgan fingerprint density at radius 3 is 2.68 bits per heavy atom. The molecule has 3 aromatic rings. The van der Waals surface area contributed by atoms with E-state index >= 15 is 0 Å². The number of hydrogen-bond donors (Lipinski definition) is 1. The highest BCUT2D eigenvalue weighted by Crippen LogP contribution is 2.27. The first-order valence-electron chi connectivity index (χ1n) is 8.46. The Hall–Kier alpha value is -3.32. The smallest absolute Gasteiger partial charge is 0.272 e. The second-order valence-electron chi connectivity index (χ2n) is 6.04. The topological polar surface area (TPSA) is 76.5 Å². The van der Waals surface area contributed by atoms with Crippen LogP contribution in [0.25, 0.3) is 5.69 Å². The average Bonchev–Trinajstić information content (AvgIpc) is 3.18. The second kappa shape index (κ2) is 8.58. The van der Waals surface area contributed by atoms with Crippen molar-refractivity contribution in [2.75, 3.05) is 26.0 Å². The molecule has 0 radical (unpaired) electrons. The lowest BCUT2D eigenvalue weighted by atomic mass is 10.3. The number of methoxy groups -OCH3 is 1. The Kier molecular flexibility index (Phi) is 5.96. The van der Waals surface area contributed by atoms with Crippen LogP contribution in [-0.4, -0.2) is 47.0 Å². The van der Waals surface area contributed by atoms with Gasteiger partial charge in [0.05, 0.1) is 31.9 Å². The minimum atomic E-state index is -0.373. The lowest BCUT2D eigenvalue weighted by molar-refractivity contribution is -0.116. The van der Waals surface area contributed by atoms with Crippen molar-refractivity contribution >= 4 is 29.1 Å². The van der Waals surface area contributed by atoms with E-state index in [1.807, 2.05) is 30.3 Å². The highest BCUT2D eigenvalue weighted by molar-refractivity contribution is 6.31. The number of halogens is 1. The number of imidazole rings is 1. The number of para-hydroxylation sites is 1. The standard InChI is InChI=1S/C20H19ClN4O3/c1-24(12-19(26)23-16-10-14(21)8-9-18(16)28-2)20(27)17-11-22-13-25(17)15-6-4-3-5-7-15/h3-11,13H,12H2,1-2H3,(H,23,26). The Bertz CT molecular complexity index is 988. The van der Waals surface area contributed by atoms with Crippen molar-refractivity contribution in [3.63, 3.8) is 0 Å². The number of anilines is 1. The summed E-state index contributed by atoms with van der Waals surface area (Å²) in [5.41, 5.74) is 1.61. The first-order chi connectivity index (χ1) is 13.5. The number of hydrogen-bond acceptors (Lipinski definition) is 4. The van der Waals surface area contributed by atoms with E-state index in [2.05, 4.69) is 10.3 Å². The van der Waals surface area contributed by atoms with Gasteiger partial charge in [0.1, 0.15) is 11.4 Å². The largest absolute Gasteiger partial charge is 0.495 e. The summed E-state index contributed by atoms with van der Waals surface area (Å²) in [5.74, 6) is -0.217. The van der Waals surface area contributed by atoms with Crippen LogP contribution in [0.2, 0.25) is 5.02 Å². The number of amides is 2. The van der Waals surface area contributed by atoms with E-state index in [0.29, 0.717) is 22.2 Å². The van der Waals surface area contributed by atoms with Crippen molar-refractivity contribution in [2.45, 2.75) is 0 Å². The number of likely N-dealkylation sites (N-methyl/N-ethyl adjacent to an activating group) is 1. The molecule has 0 aliphatic rings. The van der Waals surface area contributed by atoms with Gasteiger partial charge in [0.15, 0.2) is 0 Å². The SMILES string of the molecule is COc1ccc(Cl)cc1NC(=O)CN(C)C(=O)c1cncn1-c1ccccc1. The van der Waals surface area contributed by atoms with E-state index < -0.39 is 0 Å². The van der Waals surface area contributed by atoms with Crippen LogP contribution >= 0.6 is 11.6 Å². The van der Waals surface area contributed by atoms with Gasteiger partial charge < -0.3 is 15.0 Å². The van der Waals surface area contributed by atoms with Crippen molar-refractivity contribution < 1.29 is 14.3 Å². The first-order valence-corrected chi connectivity index (χ1v) is 8.84. The number of carbonyl (C=O) groups is 2. The van der Waals surface area contributed by atoms with E-state index in [4.69, 9.17) is 16.3 Å². The third kappa shape index (κ3) is 4.32. The molecule has 144 valence electrons. The monoisotopic (exact) mass is 398 g/mol. The van der Waals surface area contributed by atoms with Gasteiger partial charge in [0, 0.05) is 17.8 Å². The predicted molar refractivity (Wildman–Crippen MR) is 107 cm³/mol. The van der Waals surface area contributed by atoms with Gasteiger partial charge in [0.2, 0.25) is 5.91 Å². The van der Waals surface area contributed by atoms with Crippen LogP contribution in [0.3, 0.4) is 0 Å². The Labute approximate surface area is 167 Å². The summed E-state index contributed by atoms with van der Waals surface area (Å²) in [7, 11) is 3.05. The maximum atomic E-state index is 12.8. The highest BCUT2D eigenvalue weighted by Gasteiger charge is 2.20. The molecule has 0 aliphatic heterocycles. The molecule has 0 fully saturated rings. The summed E-state index contributed by atoms with van der Waals surface area (Å²) in [5, 5.41) is 3.18. The Balaban J connectivity index is 1.71. The van der Waals surface area contributed by atoms with Crippen LogP contribution in [0.15, 0.2) is 61.1 Å². The number of ether oxygens (including phenoxy) is 1. The molecule has 1 heterocycles. The number of benzene rings is 2. The third-order valence-electron chi connectivity index (χ3n) is 4.06. The van der Waals surface area contributed by atoms with Crippen molar-refractivity contribution in [1.82, 2.24) is 14.5 Å². The zero-order chi connectivity index (χ0) is 20.1. The van der Waals surface area contributed by atoms with Crippen LogP contribution in [0.4, 0.5) is 5.69 Å². The lowest BCUT2D eigenvalue weighted by Crippen LogP contribution is -2.35. The van der Waals surface area contributed by atoms with Gasteiger partial charge in [-0.1, -0.05) is 29.8 Å². The fraction of sp³-hybridized carbons (Fsp3) is 0.150. The highest BCUT2D eigenvalue weighted by atomic mass is 35.5.